The Morgan fingerprint density at radius 1 is 1.39 bits per heavy atom. The maximum Gasteiger partial charge on any atom is 0.0822 e. The van der Waals surface area contributed by atoms with Gasteiger partial charge >= 0.3 is 0 Å². The van der Waals surface area contributed by atoms with Gasteiger partial charge < -0.3 is 10.6 Å². The molecule has 0 bridgehead atoms. The highest BCUT2D eigenvalue weighted by atomic mass is 35.5. The van der Waals surface area contributed by atoms with Gasteiger partial charge in [-0.1, -0.05) is 18.5 Å². The number of rotatable bonds is 4. The molecule has 1 fully saturated rings. The van der Waals surface area contributed by atoms with Crippen LogP contribution in [-0.4, -0.2) is 23.6 Å². The molecular formula is C14H22ClN3. The number of pyridine rings is 1. The van der Waals surface area contributed by atoms with Crippen molar-refractivity contribution in [2.75, 3.05) is 11.4 Å². The molecule has 4 heteroatoms. The fourth-order valence-electron chi connectivity index (χ4n) is 2.75. The Kier molecular flexibility index (Phi) is 4.84. The lowest BCUT2D eigenvalue weighted by Gasteiger charge is -2.38. The molecule has 1 aliphatic carbocycles. The van der Waals surface area contributed by atoms with Crippen LogP contribution in [0.1, 0.15) is 39.0 Å². The standard InChI is InChI=1S/C14H22ClN3/c1-2-9-18(12-5-3-11(16)4-6-12)14-7-8-17-10-13(14)15/h7-8,10-12H,2-6,9,16H2,1H3. The molecular weight excluding hydrogens is 246 g/mol. The Morgan fingerprint density at radius 2 is 2.11 bits per heavy atom. The Balaban J connectivity index is 2.15. The van der Waals surface area contributed by atoms with E-state index in [4.69, 9.17) is 17.3 Å². The predicted octanol–water partition coefficient (Wildman–Crippen LogP) is 3.22. The maximum atomic E-state index is 6.27. The Bertz CT molecular complexity index is 375. The van der Waals surface area contributed by atoms with Crippen LogP contribution in [0.15, 0.2) is 18.5 Å². The summed E-state index contributed by atoms with van der Waals surface area (Å²) in [5, 5.41) is 0.751. The highest BCUT2D eigenvalue weighted by Gasteiger charge is 2.25. The van der Waals surface area contributed by atoms with Gasteiger partial charge in [0.15, 0.2) is 0 Å². The van der Waals surface area contributed by atoms with Crippen molar-refractivity contribution in [2.24, 2.45) is 5.73 Å². The Morgan fingerprint density at radius 3 is 2.72 bits per heavy atom. The zero-order valence-electron chi connectivity index (χ0n) is 11.0. The van der Waals surface area contributed by atoms with E-state index in [0.717, 1.165) is 36.5 Å². The number of anilines is 1. The number of hydrogen-bond donors (Lipinski definition) is 1. The SMILES string of the molecule is CCCN(c1ccncc1Cl)C1CCC(N)CC1. The van der Waals surface area contributed by atoms with Crippen molar-refractivity contribution < 1.29 is 0 Å². The molecule has 1 aliphatic rings. The summed E-state index contributed by atoms with van der Waals surface area (Å²) in [5.41, 5.74) is 7.10. The molecule has 1 aromatic heterocycles. The quantitative estimate of drug-likeness (QED) is 0.911. The number of halogens is 1. The third-order valence-electron chi connectivity index (χ3n) is 3.71. The van der Waals surface area contributed by atoms with Gasteiger partial charge in [0.05, 0.1) is 10.7 Å². The minimum atomic E-state index is 0.387. The van der Waals surface area contributed by atoms with Crippen LogP contribution in [0, 0.1) is 0 Å². The van der Waals surface area contributed by atoms with Gasteiger partial charge in [-0.15, -0.1) is 0 Å². The third-order valence-corrected chi connectivity index (χ3v) is 4.00. The van der Waals surface area contributed by atoms with Crippen molar-refractivity contribution in [3.05, 3.63) is 23.5 Å². The summed E-state index contributed by atoms with van der Waals surface area (Å²) in [6, 6.07) is 2.98. The molecule has 0 atom stereocenters. The lowest BCUT2D eigenvalue weighted by atomic mass is 9.90. The van der Waals surface area contributed by atoms with Crippen LogP contribution in [0.5, 0.6) is 0 Å². The largest absolute Gasteiger partial charge is 0.367 e. The molecule has 18 heavy (non-hydrogen) atoms. The van der Waals surface area contributed by atoms with Gasteiger partial charge in [-0.05, 0) is 38.2 Å². The molecule has 0 spiro atoms. The summed E-state index contributed by atoms with van der Waals surface area (Å²) in [6.07, 6.45) is 9.24. The number of nitrogens with zero attached hydrogens (tertiary/aromatic N) is 2. The highest BCUT2D eigenvalue weighted by Crippen LogP contribution is 2.31. The molecule has 1 saturated carbocycles. The van der Waals surface area contributed by atoms with E-state index < -0.39 is 0 Å². The van der Waals surface area contributed by atoms with Crippen LogP contribution in [0.4, 0.5) is 5.69 Å². The summed E-state index contributed by atoms with van der Waals surface area (Å²) < 4.78 is 0. The van der Waals surface area contributed by atoms with Gasteiger partial charge in [-0.25, -0.2) is 0 Å². The minimum Gasteiger partial charge on any atom is -0.367 e. The van der Waals surface area contributed by atoms with E-state index in [2.05, 4.69) is 16.8 Å². The number of hydrogen-bond acceptors (Lipinski definition) is 3. The first-order chi connectivity index (χ1) is 8.72. The molecule has 0 amide bonds. The van der Waals surface area contributed by atoms with Gasteiger partial charge in [-0.3, -0.25) is 4.98 Å². The third kappa shape index (κ3) is 3.15. The van der Waals surface area contributed by atoms with E-state index in [1.54, 1.807) is 6.20 Å². The second-order valence-corrected chi connectivity index (χ2v) is 5.50. The van der Waals surface area contributed by atoms with E-state index in [1.165, 1.54) is 12.8 Å². The molecule has 1 aromatic rings. The number of nitrogens with two attached hydrogens (primary N) is 1. The van der Waals surface area contributed by atoms with Crippen molar-refractivity contribution in [3.8, 4) is 0 Å². The molecule has 0 unspecified atom stereocenters. The second-order valence-electron chi connectivity index (χ2n) is 5.09. The van der Waals surface area contributed by atoms with Crippen LogP contribution >= 0.6 is 11.6 Å². The van der Waals surface area contributed by atoms with Crippen LogP contribution < -0.4 is 10.6 Å². The molecule has 0 radical (unpaired) electrons. The van der Waals surface area contributed by atoms with Gasteiger partial charge in [0.25, 0.3) is 0 Å². The Hall–Kier alpha value is -0.800. The van der Waals surface area contributed by atoms with E-state index in [-0.39, 0.29) is 0 Å². The second kappa shape index (κ2) is 6.39. The molecule has 2 rings (SSSR count). The molecule has 2 N–H and O–H groups in total. The average molecular weight is 268 g/mol. The van der Waals surface area contributed by atoms with Gasteiger partial charge in [0, 0.05) is 31.0 Å². The summed E-state index contributed by atoms with van der Waals surface area (Å²) >= 11 is 6.27. The zero-order chi connectivity index (χ0) is 13.0. The lowest BCUT2D eigenvalue weighted by molar-refractivity contribution is 0.375. The van der Waals surface area contributed by atoms with E-state index in [0.29, 0.717) is 12.1 Å². The normalized spacial score (nSPS) is 23.9. The summed E-state index contributed by atoms with van der Waals surface area (Å²) in [7, 11) is 0. The van der Waals surface area contributed by atoms with Crippen molar-refractivity contribution in [2.45, 2.75) is 51.1 Å². The fourth-order valence-corrected chi connectivity index (χ4v) is 2.98. The van der Waals surface area contributed by atoms with Gasteiger partial charge in [-0.2, -0.15) is 0 Å². The summed E-state index contributed by atoms with van der Waals surface area (Å²) in [4.78, 5) is 6.51. The maximum absolute atomic E-state index is 6.27. The highest BCUT2D eigenvalue weighted by molar-refractivity contribution is 6.33. The molecule has 0 aliphatic heterocycles. The average Bonchev–Trinajstić information content (AvgIpc) is 2.38. The first kappa shape index (κ1) is 13.6. The fraction of sp³-hybridized carbons (Fsp3) is 0.643. The minimum absolute atomic E-state index is 0.387. The number of aromatic nitrogens is 1. The van der Waals surface area contributed by atoms with Crippen molar-refractivity contribution in [1.29, 1.82) is 0 Å². The van der Waals surface area contributed by atoms with Gasteiger partial charge in [0.1, 0.15) is 0 Å². The van der Waals surface area contributed by atoms with Crippen molar-refractivity contribution in [1.82, 2.24) is 4.98 Å². The molecule has 0 saturated heterocycles. The lowest BCUT2D eigenvalue weighted by Crippen LogP contribution is -2.41. The van der Waals surface area contributed by atoms with Crippen LogP contribution in [0.25, 0.3) is 0 Å². The van der Waals surface area contributed by atoms with Crippen LogP contribution in [-0.2, 0) is 0 Å². The van der Waals surface area contributed by atoms with E-state index in [9.17, 15) is 0 Å². The molecule has 1 heterocycles. The van der Waals surface area contributed by atoms with Crippen LogP contribution in [0.2, 0.25) is 5.02 Å². The van der Waals surface area contributed by atoms with Crippen molar-refractivity contribution in [3.63, 3.8) is 0 Å². The molecule has 100 valence electrons. The van der Waals surface area contributed by atoms with Gasteiger partial charge in [0.2, 0.25) is 0 Å². The Labute approximate surface area is 114 Å². The molecule has 0 aromatic carbocycles. The first-order valence-electron chi connectivity index (χ1n) is 6.84. The smallest absolute Gasteiger partial charge is 0.0822 e. The summed E-state index contributed by atoms with van der Waals surface area (Å²) in [5.74, 6) is 0. The monoisotopic (exact) mass is 267 g/mol. The topological polar surface area (TPSA) is 42.2 Å². The zero-order valence-corrected chi connectivity index (χ0v) is 11.7. The van der Waals surface area contributed by atoms with E-state index >= 15 is 0 Å². The summed E-state index contributed by atoms with van der Waals surface area (Å²) in [6.45, 7) is 3.25. The van der Waals surface area contributed by atoms with Crippen molar-refractivity contribution >= 4 is 17.3 Å². The predicted molar refractivity (Wildman–Crippen MR) is 77.1 cm³/mol. The van der Waals surface area contributed by atoms with E-state index in [1.807, 2.05) is 12.3 Å². The van der Waals surface area contributed by atoms with Crippen LogP contribution in [0.3, 0.4) is 0 Å². The molecule has 3 nitrogen and oxygen atoms in total. The first-order valence-corrected chi connectivity index (χ1v) is 7.22.